The number of rotatable bonds is 3. The molecular formula is C14H14O2. The van der Waals surface area contributed by atoms with Crippen molar-refractivity contribution in [2.75, 3.05) is 0 Å². The predicted octanol–water partition coefficient (Wildman–Crippen LogP) is 2.71. The van der Waals surface area contributed by atoms with E-state index in [2.05, 4.69) is 18.4 Å². The number of aliphatic carboxylic acids is 1. The van der Waals surface area contributed by atoms with Crippen molar-refractivity contribution in [3.8, 4) is 11.8 Å². The Bertz CT molecular complexity index is 437. The fraction of sp³-hybridized carbons (Fsp3) is 0.214. The molecule has 0 radical (unpaired) electrons. The molecule has 2 nitrogen and oxygen atoms in total. The second-order valence-electron chi connectivity index (χ2n) is 3.77. The van der Waals surface area contributed by atoms with E-state index < -0.39 is 11.4 Å². The van der Waals surface area contributed by atoms with Crippen LogP contribution in [-0.4, -0.2) is 11.1 Å². The predicted molar refractivity (Wildman–Crippen MR) is 63.9 cm³/mol. The van der Waals surface area contributed by atoms with Crippen LogP contribution in [0.15, 0.2) is 43.0 Å². The lowest BCUT2D eigenvalue weighted by atomic mass is 9.87. The van der Waals surface area contributed by atoms with Crippen LogP contribution in [0, 0.1) is 17.3 Å². The van der Waals surface area contributed by atoms with E-state index in [4.69, 9.17) is 5.11 Å². The summed E-state index contributed by atoms with van der Waals surface area (Å²) < 4.78 is 0. The molecule has 0 spiro atoms. The SMILES string of the molecule is C=CC(C)(CC#Cc1ccccc1)C(=O)O. The molecule has 16 heavy (non-hydrogen) atoms. The number of carboxylic acids is 1. The first kappa shape index (κ1) is 12.1. The summed E-state index contributed by atoms with van der Waals surface area (Å²) >= 11 is 0. The summed E-state index contributed by atoms with van der Waals surface area (Å²) in [4.78, 5) is 11.0. The van der Waals surface area contributed by atoms with Gasteiger partial charge in [-0.2, -0.15) is 0 Å². The van der Waals surface area contributed by atoms with Crippen LogP contribution in [0.4, 0.5) is 0 Å². The monoisotopic (exact) mass is 214 g/mol. The minimum absolute atomic E-state index is 0.265. The maximum absolute atomic E-state index is 11.0. The fourth-order valence-corrected chi connectivity index (χ4v) is 1.09. The Labute approximate surface area is 95.6 Å². The third-order valence-corrected chi connectivity index (χ3v) is 2.40. The molecule has 0 aromatic heterocycles. The first-order valence-electron chi connectivity index (χ1n) is 4.99. The third kappa shape index (κ3) is 2.99. The average Bonchev–Trinajstić information content (AvgIpc) is 2.30. The molecule has 1 aromatic rings. The minimum atomic E-state index is -0.970. The molecule has 1 N–H and O–H groups in total. The summed E-state index contributed by atoms with van der Waals surface area (Å²) in [5.74, 6) is 4.90. The van der Waals surface area contributed by atoms with Crippen molar-refractivity contribution in [1.82, 2.24) is 0 Å². The molecule has 1 unspecified atom stereocenters. The molecule has 0 saturated carbocycles. The Morgan fingerprint density at radius 2 is 2.12 bits per heavy atom. The summed E-state index contributed by atoms with van der Waals surface area (Å²) in [7, 11) is 0. The van der Waals surface area contributed by atoms with Crippen LogP contribution in [0.25, 0.3) is 0 Å². The average molecular weight is 214 g/mol. The molecule has 1 aromatic carbocycles. The van der Waals surface area contributed by atoms with Gasteiger partial charge in [-0.3, -0.25) is 4.79 Å². The van der Waals surface area contributed by atoms with Crippen molar-refractivity contribution in [2.24, 2.45) is 5.41 Å². The summed E-state index contributed by atoms with van der Waals surface area (Å²) in [5.41, 5.74) is -0.0822. The summed E-state index contributed by atoms with van der Waals surface area (Å²) in [5, 5.41) is 8.99. The van der Waals surface area contributed by atoms with E-state index in [0.717, 1.165) is 5.56 Å². The summed E-state index contributed by atoms with van der Waals surface area (Å²) in [6, 6.07) is 9.48. The van der Waals surface area contributed by atoms with Crippen LogP contribution in [0.5, 0.6) is 0 Å². The van der Waals surface area contributed by atoms with E-state index in [1.54, 1.807) is 6.92 Å². The Hall–Kier alpha value is -2.01. The van der Waals surface area contributed by atoms with Gasteiger partial charge in [-0.1, -0.05) is 36.1 Å². The van der Waals surface area contributed by atoms with Gasteiger partial charge in [0.05, 0.1) is 5.41 Å². The highest BCUT2D eigenvalue weighted by molar-refractivity contribution is 5.76. The molecule has 2 heteroatoms. The van der Waals surface area contributed by atoms with Gasteiger partial charge in [0.15, 0.2) is 0 Å². The summed E-state index contributed by atoms with van der Waals surface area (Å²) in [6.07, 6.45) is 1.69. The zero-order chi connectivity index (χ0) is 12.0. The second-order valence-corrected chi connectivity index (χ2v) is 3.77. The largest absolute Gasteiger partial charge is 0.481 e. The normalized spacial score (nSPS) is 13.1. The Balaban J connectivity index is 2.75. The Kier molecular flexibility index (Phi) is 3.90. The number of carbonyl (C=O) groups is 1. The van der Waals surface area contributed by atoms with E-state index in [0.29, 0.717) is 0 Å². The van der Waals surface area contributed by atoms with Gasteiger partial charge in [-0.15, -0.1) is 6.58 Å². The number of hydrogen-bond donors (Lipinski definition) is 1. The van der Waals surface area contributed by atoms with Gasteiger partial charge in [-0.05, 0) is 19.1 Å². The maximum Gasteiger partial charge on any atom is 0.314 e. The Morgan fingerprint density at radius 3 is 2.62 bits per heavy atom. The van der Waals surface area contributed by atoms with Crippen molar-refractivity contribution in [2.45, 2.75) is 13.3 Å². The zero-order valence-corrected chi connectivity index (χ0v) is 9.23. The molecule has 0 aliphatic carbocycles. The van der Waals surface area contributed by atoms with Crippen LogP contribution in [0.3, 0.4) is 0 Å². The quantitative estimate of drug-likeness (QED) is 0.620. The molecule has 0 fully saturated rings. The molecule has 0 aliphatic rings. The van der Waals surface area contributed by atoms with E-state index in [1.807, 2.05) is 30.3 Å². The highest BCUT2D eigenvalue weighted by atomic mass is 16.4. The van der Waals surface area contributed by atoms with E-state index >= 15 is 0 Å². The van der Waals surface area contributed by atoms with Crippen LogP contribution in [-0.2, 0) is 4.79 Å². The fourth-order valence-electron chi connectivity index (χ4n) is 1.09. The van der Waals surface area contributed by atoms with Gasteiger partial charge < -0.3 is 5.11 Å². The van der Waals surface area contributed by atoms with Crippen molar-refractivity contribution in [3.05, 3.63) is 48.6 Å². The lowest BCUT2D eigenvalue weighted by Crippen LogP contribution is -2.24. The van der Waals surface area contributed by atoms with Gasteiger partial charge in [0, 0.05) is 12.0 Å². The highest BCUT2D eigenvalue weighted by Crippen LogP contribution is 2.22. The lowest BCUT2D eigenvalue weighted by molar-refractivity contribution is -0.144. The van der Waals surface area contributed by atoms with Gasteiger partial charge in [0.1, 0.15) is 0 Å². The smallest absolute Gasteiger partial charge is 0.314 e. The van der Waals surface area contributed by atoms with E-state index in [9.17, 15) is 4.79 Å². The topological polar surface area (TPSA) is 37.3 Å². The van der Waals surface area contributed by atoms with Crippen molar-refractivity contribution < 1.29 is 9.90 Å². The molecule has 0 bridgehead atoms. The van der Waals surface area contributed by atoms with Crippen LogP contribution in [0.1, 0.15) is 18.9 Å². The molecular weight excluding hydrogens is 200 g/mol. The molecule has 0 amide bonds. The highest BCUT2D eigenvalue weighted by Gasteiger charge is 2.28. The number of hydrogen-bond acceptors (Lipinski definition) is 1. The molecule has 0 saturated heterocycles. The van der Waals surface area contributed by atoms with Crippen molar-refractivity contribution >= 4 is 5.97 Å². The Morgan fingerprint density at radius 1 is 1.50 bits per heavy atom. The van der Waals surface area contributed by atoms with Crippen LogP contribution >= 0.6 is 0 Å². The third-order valence-electron chi connectivity index (χ3n) is 2.40. The standard InChI is InChI=1S/C14H14O2/c1-3-14(2,13(15)16)11-7-10-12-8-5-4-6-9-12/h3-6,8-9H,1,11H2,2H3,(H,15,16). The zero-order valence-electron chi connectivity index (χ0n) is 9.23. The molecule has 0 aliphatic heterocycles. The van der Waals surface area contributed by atoms with E-state index in [-0.39, 0.29) is 6.42 Å². The van der Waals surface area contributed by atoms with Gasteiger partial charge >= 0.3 is 5.97 Å². The maximum atomic E-state index is 11.0. The lowest BCUT2D eigenvalue weighted by Gasteiger charge is -2.16. The molecule has 1 rings (SSSR count). The van der Waals surface area contributed by atoms with Crippen LogP contribution in [0.2, 0.25) is 0 Å². The second kappa shape index (κ2) is 5.18. The molecule has 82 valence electrons. The van der Waals surface area contributed by atoms with Gasteiger partial charge in [0.2, 0.25) is 0 Å². The molecule has 0 heterocycles. The van der Waals surface area contributed by atoms with Crippen molar-refractivity contribution in [3.63, 3.8) is 0 Å². The summed E-state index contributed by atoms with van der Waals surface area (Å²) in [6.45, 7) is 5.14. The first-order chi connectivity index (χ1) is 7.58. The van der Waals surface area contributed by atoms with E-state index in [1.165, 1.54) is 6.08 Å². The number of carboxylic acid groups (broad SMARTS) is 1. The minimum Gasteiger partial charge on any atom is -0.481 e. The molecule has 1 atom stereocenters. The van der Waals surface area contributed by atoms with Gasteiger partial charge in [-0.25, -0.2) is 0 Å². The first-order valence-corrected chi connectivity index (χ1v) is 4.99. The van der Waals surface area contributed by atoms with Crippen LogP contribution < -0.4 is 0 Å². The number of benzene rings is 1. The van der Waals surface area contributed by atoms with Gasteiger partial charge in [0.25, 0.3) is 0 Å². The van der Waals surface area contributed by atoms with Crippen molar-refractivity contribution in [1.29, 1.82) is 0 Å².